The number of hydrogen-bond donors (Lipinski definition) is 1. The Morgan fingerprint density at radius 2 is 1.78 bits per heavy atom. The summed E-state index contributed by atoms with van der Waals surface area (Å²) in [4.78, 5) is 37.0. The quantitative estimate of drug-likeness (QED) is 0.781. The van der Waals surface area contributed by atoms with E-state index in [0.717, 1.165) is 0 Å². The van der Waals surface area contributed by atoms with Crippen LogP contribution in [0.1, 0.15) is 26.7 Å². The molecule has 0 saturated carbocycles. The van der Waals surface area contributed by atoms with Crippen LogP contribution in [0.5, 0.6) is 0 Å². The van der Waals surface area contributed by atoms with Gasteiger partial charge in [-0.2, -0.15) is 0 Å². The van der Waals surface area contributed by atoms with E-state index >= 15 is 0 Å². The second-order valence-electron chi connectivity index (χ2n) is 4.74. The highest BCUT2D eigenvalue weighted by Crippen LogP contribution is 2.20. The number of piperidine rings is 1. The summed E-state index contributed by atoms with van der Waals surface area (Å²) in [5.74, 6) is -1.30. The average molecular weight is 256 g/mol. The van der Waals surface area contributed by atoms with Crippen molar-refractivity contribution >= 4 is 17.8 Å². The van der Waals surface area contributed by atoms with E-state index in [9.17, 15) is 14.4 Å². The molecule has 6 nitrogen and oxygen atoms in total. The lowest BCUT2D eigenvalue weighted by Crippen LogP contribution is -2.47. The molecule has 2 amide bonds. The Kier molecular flexibility index (Phi) is 4.69. The van der Waals surface area contributed by atoms with Gasteiger partial charge in [0, 0.05) is 33.0 Å². The molecule has 0 radical (unpaired) electrons. The van der Waals surface area contributed by atoms with E-state index in [2.05, 4.69) is 0 Å². The first-order valence-electron chi connectivity index (χ1n) is 6.09. The summed E-state index contributed by atoms with van der Waals surface area (Å²) in [5.41, 5.74) is 0. The molecule has 0 spiro atoms. The van der Waals surface area contributed by atoms with Crippen molar-refractivity contribution in [2.45, 2.75) is 32.7 Å². The van der Waals surface area contributed by atoms with E-state index in [0.29, 0.717) is 25.9 Å². The van der Waals surface area contributed by atoms with Gasteiger partial charge in [-0.3, -0.25) is 9.59 Å². The van der Waals surface area contributed by atoms with Crippen molar-refractivity contribution in [2.75, 3.05) is 20.1 Å². The van der Waals surface area contributed by atoms with Gasteiger partial charge in [-0.15, -0.1) is 0 Å². The Morgan fingerprint density at radius 3 is 2.17 bits per heavy atom. The Balaban J connectivity index is 2.54. The minimum atomic E-state index is -1.01. The summed E-state index contributed by atoms with van der Waals surface area (Å²) < 4.78 is 0. The normalized spacial score (nSPS) is 18.3. The highest BCUT2D eigenvalue weighted by Gasteiger charge is 2.31. The first kappa shape index (κ1) is 14.5. The van der Waals surface area contributed by atoms with Gasteiger partial charge in [-0.25, -0.2) is 4.79 Å². The number of carbonyl (C=O) groups excluding carboxylic acids is 2. The largest absolute Gasteiger partial charge is 0.480 e. The SMILES string of the molecule is CC(=O)N1CCC(C(=O)N(C)C(C)C(=O)O)CC1. The third-order valence-electron chi connectivity index (χ3n) is 3.58. The smallest absolute Gasteiger partial charge is 0.326 e. The molecule has 0 aliphatic carbocycles. The molecule has 1 heterocycles. The molecule has 18 heavy (non-hydrogen) atoms. The maximum Gasteiger partial charge on any atom is 0.326 e. The Hall–Kier alpha value is -1.59. The maximum atomic E-state index is 12.1. The number of amides is 2. The Labute approximate surface area is 107 Å². The summed E-state index contributed by atoms with van der Waals surface area (Å²) >= 11 is 0. The molecule has 1 N–H and O–H groups in total. The molecule has 1 atom stereocenters. The standard InChI is InChI=1S/C12H20N2O4/c1-8(12(17)18)13(3)11(16)10-4-6-14(7-5-10)9(2)15/h8,10H,4-7H2,1-3H3,(H,17,18). The zero-order chi connectivity index (χ0) is 13.9. The van der Waals surface area contributed by atoms with Crippen LogP contribution in [0.4, 0.5) is 0 Å². The second kappa shape index (κ2) is 5.84. The Morgan fingerprint density at radius 1 is 1.28 bits per heavy atom. The van der Waals surface area contributed by atoms with E-state index in [1.54, 1.807) is 4.90 Å². The number of likely N-dealkylation sites (tertiary alicyclic amines) is 1. The molecule has 0 aromatic rings. The lowest BCUT2D eigenvalue weighted by atomic mass is 9.95. The summed E-state index contributed by atoms with van der Waals surface area (Å²) in [6.07, 6.45) is 1.21. The number of hydrogen-bond acceptors (Lipinski definition) is 3. The summed E-state index contributed by atoms with van der Waals surface area (Å²) in [6.45, 7) is 4.15. The predicted octanol–water partition coefficient (Wildman–Crippen LogP) is 0.176. The van der Waals surface area contributed by atoms with E-state index < -0.39 is 12.0 Å². The first-order valence-corrected chi connectivity index (χ1v) is 6.09. The molecular formula is C12H20N2O4. The van der Waals surface area contributed by atoms with Gasteiger partial charge in [0.1, 0.15) is 6.04 Å². The van der Waals surface area contributed by atoms with Crippen LogP contribution in [0.25, 0.3) is 0 Å². The molecule has 102 valence electrons. The predicted molar refractivity (Wildman–Crippen MR) is 64.8 cm³/mol. The van der Waals surface area contributed by atoms with Gasteiger partial charge in [-0.05, 0) is 19.8 Å². The molecule has 1 aliphatic rings. The van der Waals surface area contributed by atoms with Gasteiger partial charge >= 0.3 is 5.97 Å². The van der Waals surface area contributed by atoms with Crippen LogP contribution in [0, 0.1) is 5.92 Å². The van der Waals surface area contributed by atoms with Gasteiger partial charge in [0.25, 0.3) is 0 Å². The number of carbonyl (C=O) groups is 3. The monoisotopic (exact) mass is 256 g/mol. The lowest BCUT2D eigenvalue weighted by molar-refractivity contribution is -0.150. The molecule has 6 heteroatoms. The number of nitrogens with zero attached hydrogens (tertiary/aromatic N) is 2. The minimum Gasteiger partial charge on any atom is -0.480 e. The van der Waals surface area contributed by atoms with Crippen molar-refractivity contribution in [3.05, 3.63) is 0 Å². The van der Waals surface area contributed by atoms with Crippen molar-refractivity contribution in [1.29, 1.82) is 0 Å². The minimum absolute atomic E-state index is 0.0214. The van der Waals surface area contributed by atoms with Gasteiger partial charge < -0.3 is 14.9 Å². The van der Waals surface area contributed by atoms with Crippen LogP contribution in [0.15, 0.2) is 0 Å². The van der Waals surface area contributed by atoms with E-state index in [1.807, 2.05) is 0 Å². The molecule has 0 bridgehead atoms. The van der Waals surface area contributed by atoms with Gasteiger partial charge in [0.15, 0.2) is 0 Å². The highest BCUT2D eigenvalue weighted by molar-refractivity contribution is 5.85. The first-order chi connectivity index (χ1) is 8.34. The van der Waals surface area contributed by atoms with Gasteiger partial charge in [-0.1, -0.05) is 0 Å². The van der Waals surface area contributed by atoms with Crippen molar-refractivity contribution < 1.29 is 19.5 Å². The van der Waals surface area contributed by atoms with Crippen molar-refractivity contribution in [2.24, 2.45) is 5.92 Å². The van der Waals surface area contributed by atoms with Crippen LogP contribution in [-0.2, 0) is 14.4 Å². The molecule has 1 saturated heterocycles. The fourth-order valence-electron chi connectivity index (χ4n) is 2.09. The number of carboxylic acids is 1. The van der Waals surface area contributed by atoms with Crippen LogP contribution < -0.4 is 0 Å². The molecule has 1 aliphatic heterocycles. The molecule has 0 aromatic carbocycles. The molecule has 1 fully saturated rings. The van der Waals surface area contributed by atoms with Crippen LogP contribution in [0.3, 0.4) is 0 Å². The summed E-state index contributed by atoms with van der Waals surface area (Å²) in [7, 11) is 1.51. The number of rotatable bonds is 3. The highest BCUT2D eigenvalue weighted by atomic mass is 16.4. The fourth-order valence-corrected chi connectivity index (χ4v) is 2.09. The topological polar surface area (TPSA) is 77.9 Å². The zero-order valence-corrected chi connectivity index (χ0v) is 11.0. The summed E-state index contributed by atoms with van der Waals surface area (Å²) in [5, 5.41) is 8.87. The zero-order valence-electron chi connectivity index (χ0n) is 11.0. The van der Waals surface area contributed by atoms with Crippen LogP contribution >= 0.6 is 0 Å². The number of likely N-dealkylation sites (N-methyl/N-ethyl adjacent to an activating group) is 1. The molecule has 1 unspecified atom stereocenters. The van der Waals surface area contributed by atoms with Crippen molar-refractivity contribution in [1.82, 2.24) is 9.80 Å². The van der Waals surface area contributed by atoms with Crippen molar-refractivity contribution in [3.63, 3.8) is 0 Å². The van der Waals surface area contributed by atoms with Gasteiger partial charge in [0.05, 0.1) is 0 Å². The molecular weight excluding hydrogens is 236 g/mol. The van der Waals surface area contributed by atoms with E-state index in [4.69, 9.17) is 5.11 Å². The van der Waals surface area contributed by atoms with Crippen LogP contribution in [-0.4, -0.2) is 58.9 Å². The Bertz CT molecular complexity index is 348. The maximum absolute atomic E-state index is 12.1. The van der Waals surface area contributed by atoms with Crippen molar-refractivity contribution in [3.8, 4) is 0 Å². The number of aliphatic carboxylic acids is 1. The average Bonchev–Trinajstić information content (AvgIpc) is 2.36. The second-order valence-corrected chi connectivity index (χ2v) is 4.74. The lowest BCUT2D eigenvalue weighted by Gasteiger charge is -2.33. The third kappa shape index (κ3) is 3.21. The fraction of sp³-hybridized carbons (Fsp3) is 0.750. The van der Waals surface area contributed by atoms with E-state index in [-0.39, 0.29) is 17.7 Å². The summed E-state index contributed by atoms with van der Waals surface area (Å²) in [6, 6.07) is -0.816. The van der Waals surface area contributed by atoms with E-state index in [1.165, 1.54) is 25.8 Å². The third-order valence-corrected chi connectivity index (χ3v) is 3.58. The van der Waals surface area contributed by atoms with Gasteiger partial charge in [0.2, 0.25) is 11.8 Å². The molecule has 1 rings (SSSR count). The van der Waals surface area contributed by atoms with Crippen LogP contribution in [0.2, 0.25) is 0 Å². The molecule has 0 aromatic heterocycles. The number of carboxylic acid groups (broad SMARTS) is 1.